The van der Waals surface area contributed by atoms with E-state index in [4.69, 9.17) is 56.8 Å². The Kier molecular flexibility index (Phi) is 18.1. The lowest BCUT2D eigenvalue weighted by molar-refractivity contribution is -0.323. The van der Waals surface area contributed by atoms with Crippen LogP contribution in [0.1, 0.15) is 64.0 Å². The Hall–Kier alpha value is -7.11. The molecule has 3 aliphatic rings. The van der Waals surface area contributed by atoms with Crippen molar-refractivity contribution < 1.29 is 80.8 Å². The van der Waals surface area contributed by atoms with Crippen LogP contribution < -0.4 is 18.9 Å². The van der Waals surface area contributed by atoms with Crippen molar-refractivity contribution in [3.8, 4) is 23.0 Å². The van der Waals surface area contributed by atoms with Crippen LogP contribution in [-0.2, 0) is 53.9 Å². The van der Waals surface area contributed by atoms with Crippen LogP contribution in [0.15, 0.2) is 182 Å². The van der Waals surface area contributed by atoms with Crippen molar-refractivity contribution in [2.24, 2.45) is 5.92 Å². The highest BCUT2D eigenvalue weighted by molar-refractivity contribution is 9.11. The van der Waals surface area contributed by atoms with Crippen molar-refractivity contribution in [3.05, 3.63) is 221 Å². The molecule has 0 amide bonds. The molecule has 0 radical (unpaired) electrons. The molecule has 1 aliphatic carbocycles. The Morgan fingerprint density at radius 3 is 1.70 bits per heavy atom. The Morgan fingerprint density at radius 1 is 0.602 bits per heavy atom. The molecule has 21 heteroatoms. The Bertz CT molecular complexity index is 3500. The number of ether oxygens (including phenoxy) is 12. The zero-order chi connectivity index (χ0) is 58.6. The minimum atomic E-state index is -2.36. The highest BCUT2D eigenvalue weighted by atomic mass is 79.9. The first-order valence-electron chi connectivity index (χ1n) is 25.6. The topological polar surface area (TPSA) is 196 Å². The van der Waals surface area contributed by atoms with E-state index in [-0.39, 0.29) is 51.7 Å². The zero-order valence-electron chi connectivity index (χ0n) is 44.5. The molecule has 2 fully saturated rings. The van der Waals surface area contributed by atoms with E-state index in [1.165, 1.54) is 40.6 Å². The van der Waals surface area contributed by atoms with E-state index >= 15 is 4.79 Å². The first kappa shape index (κ1) is 59.1. The monoisotopic (exact) mass is 1380 g/mol. The van der Waals surface area contributed by atoms with Gasteiger partial charge in [-0.15, -0.1) is 0 Å². The first-order valence-corrected chi connectivity index (χ1v) is 28.8. The van der Waals surface area contributed by atoms with Crippen molar-refractivity contribution in [2.45, 2.75) is 48.0 Å². The lowest BCUT2D eigenvalue weighted by atomic mass is 9.70. The summed E-state index contributed by atoms with van der Waals surface area (Å²) in [5, 5.41) is 0. The highest BCUT2D eigenvalue weighted by Gasteiger charge is 2.82. The second-order valence-electron chi connectivity index (χ2n) is 19.1. The van der Waals surface area contributed by atoms with Gasteiger partial charge in [0.15, 0.2) is 17.8 Å². The smallest absolute Gasteiger partial charge is 0.339 e. The molecule has 17 nitrogen and oxygen atoms in total. The van der Waals surface area contributed by atoms with Gasteiger partial charge in [-0.05, 0) is 115 Å². The average Bonchev–Trinajstić information content (AvgIpc) is 1.52. The number of halogens is 4. The van der Waals surface area contributed by atoms with Gasteiger partial charge in [-0.2, -0.15) is 0 Å². The van der Waals surface area contributed by atoms with Crippen LogP contribution in [0.2, 0.25) is 0 Å². The quantitative estimate of drug-likeness (QED) is 0.0580. The van der Waals surface area contributed by atoms with Gasteiger partial charge < -0.3 is 56.8 Å². The van der Waals surface area contributed by atoms with Crippen LogP contribution >= 0.6 is 63.7 Å². The number of rotatable bonds is 18. The second-order valence-corrected chi connectivity index (χ2v) is 22.8. The summed E-state index contributed by atoms with van der Waals surface area (Å²) < 4.78 is 78.7. The molecule has 1 saturated heterocycles. The normalized spacial score (nSPS) is 22.6. The highest BCUT2D eigenvalue weighted by Crippen LogP contribution is 2.73. The summed E-state index contributed by atoms with van der Waals surface area (Å²) in [4.78, 5) is 72.4. The fraction of sp³-hybridized carbons (Fsp3) is 0.242. The van der Waals surface area contributed by atoms with Gasteiger partial charge in [0.1, 0.15) is 41.6 Å². The molecule has 428 valence electrons. The Balaban J connectivity index is 1.12. The molecule has 10 rings (SSSR count). The van der Waals surface area contributed by atoms with Gasteiger partial charge in [-0.1, -0.05) is 106 Å². The summed E-state index contributed by atoms with van der Waals surface area (Å²) in [6.45, 7) is -0.685. The SMILES string of the molecule is COC(=O)[C@H]1[C@@H](OC(=O)c2ccc(Br)cc2)[C@@]2(OC(=O)c3ccc(Br)cc3)c3c(OC)cc(O[C@@H]4O[C@@H]([C@@H](COC(=O)c5ccc(Br)cc5)OC(=O)c5ccc(Br)cc5)CO[C@H]4OC)cc3O[C@@]2(c2ccc(OC)cc2)[C@@H]1c1ccccc1. The van der Waals surface area contributed by atoms with Crippen molar-refractivity contribution in [3.63, 3.8) is 0 Å². The van der Waals surface area contributed by atoms with Crippen LogP contribution in [0.25, 0.3) is 0 Å². The molecule has 0 aromatic heterocycles. The predicted molar refractivity (Wildman–Crippen MR) is 311 cm³/mol. The molecule has 0 unspecified atom stereocenters. The van der Waals surface area contributed by atoms with E-state index in [0.29, 0.717) is 25.8 Å². The van der Waals surface area contributed by atoms with Crippen LogP contribution in [0, 0.1) is 5.92 Å². The molecule has 0 spiro atoms. The number of methoxy groups -OCH3 is 4. The van der Waals surface area contributed by atoms with E-state index in [1.54, 1.807) is 152 Å². The minimum absolute atomic E-state index is 0.00360. The molecule has 2 aliphatic heterocycles. The van der Waals surface area contributed by atoms with E-state index in [1.807, 2.05) is 0 Å². The summed E-state index contributed by atoms with van der Waals surface area (Å²) in [6.07, 6.45) is -6.83. The van der Waals surface area contributed by atoms with Gasteiger partial charge >= 0.3 is 29.8 Å². The fourth-order valence-electron chi connectivity index (χ4n) is 10.7. The molecule has 2 heterocycles. The summed E-state index contributed by atoms with van der Waals surface area (Å²) in [6, 6.07) is 44.6. The zero-order valence-corrected chi connectivity index (χ0v) is 50.8. The molecule has 0 bridgehead atoms. The van der Waals surface area contributed by atoms with E-state index in [2.05, 4.69) is 63.7 Å². The number of carbonyl (C=O) groups excluding carboxylic acids is 5. The maximum Gasteiger partial charge on any atom is 0.339 e. The van der Waals surface area contributed by atoms with Crippen LogP contribution in [0.3, 0.4) is 0 Å². The van der Waals surface area contributed by atoms with Gasteiger partial charge in [0.05, 0.1) is 55.8 Å². The molecular formula is C62H50Br4O17. The number of carbonyl (C=O) groups is 5. The van der Waals surface area contributed by atoms with E-state index < -0.39 is 90.4 Å². The molecule has 83 heavy (non-hydrogen) atoms. The number of benzene rings is 7. The first-order chi connectivity index (χ1) is 40.1. The summed E-state index contributed by atoms with van der Waals surface area (Å²) in [7, 11) is 5.47. The number of hydrogen-bond acceptors (Lipinski definition) is 17. The third-order valence-corrected chi connectivity index (χ3v) is 16.5. The second kappa shape index (κ2) is 25.4. The average molecular weight is 1390 g/mol. The van der Waals surface area contributed by atoms with E-state index in [0.717, 1.165) is 8.95 Å². The summed E-state index contributed by atoms with van der Waals surface area (Å²) >= 11 is 13.7. The third-order valence-electron chi connectivity index (χ3n) is 14.4. The fourth-order valence-corrected chi connectivity index (χ4v) is 11.7. The van der Waals surface area contributed by atoms with Gasteiger partial charge in [0.2, 0.25) is 11.9 Å². The van der Waals surface area contributed by atoms with Crippen molar-refractivity contribution in [2.75, 3.05) is 41.7 Å². The standard InChI is InChI=1S/C62H50Br4O17/c1-72-44-28-18-39(19-29-44)61-51(34-8-6-5-7-9-34)50(58(71)74-3)53(81-56(69)37-14-24-42(65)25-15-37)62(61,83-57(70)38-16-26-43(66)27-17-38)52-46(73-2)30-45(31-47(52)82-61)78-60-59(75-4)77-33-49(80-60)48(79-55(68)36-12-22-41(64)23-13-36)32-76-54(67)35-10-20-40(63)21-11-35/h5-31,48-51,53,59-60H,32-33H2,1-4H3/t48-,49-,50-,51-,53-,59-,60-,61+,62+/m1/s1. The molecule has 7 aromatic rings. The minimum Gasteiger partial charge on any atom is -0.497 e. The van der Waals surface area contributed by atoms with Crippen molar-refractivity contribution in [1.82, 2.24) is 0 Å². The van der Waals surface area contributed by atoms with Gasteiger partial charge in [-0.3, -0.25) is 4.79 Å². The third kappa shape index (κ3) is 11.8. The number of esters is 5. The largest absolute Gasteiger partial charge is 0.497 e. The van der Waals surface area contributed by atoms with Crippen molar-refractivity contribution in [1.29, 1.82) is 0 Å². The van der Waals surface area contributed by atoms with E-state index in [9.17, 15) is 19.2 Å². The maximum atomic E-state index is 15.3. The Morgan fingerprint density at radius 2 is 1.16 bits per heavy atom. The van der Waals surface area contributed by atoms with Gasteiger partial charge in [0, 0.05) is 48.6 Å². The predicted octanol–water partition coefficient (Wildman–Crippen LogP) is 12.1. The Labute approximate surface area is 510 Å². The number of hydrogen-bond donors (Lipinski definition) is 0. The molecular weight excluding hydrogens is 1340 g/mol. The summed E-state index contributed by atoms with van der Waals surface area (Å²) in [5.41, 5.74) is -2.88. The molecule has 7 aromatic carbocycles. The van der Waals surface area contributed by atoms with Crippen LogP contribution in [0.5, 0.6) is 23.0 Å². The number of fused-ring (bicyclic) bond motifs is 3. The van der Waals surface area contributed by atoms with Gasteiger partial charge in [0.25, 0.3) is 6.29 Å². The van der Waals surface area contributed by atoms with Crippen LogP contribution in [-0.4, -0.2) is 102 Å². The maximum absolute atomic E-state index is 15.3. The lowest BCUT2D eigenvalue weighted by Gasteiger charge is -2.43. The lowest BCUT2D eigenvalue weighted by Crippen LogP contribution is -2.55. The van der Waals surface area contributed by atoms with Crippen molar-refractivity contribution >= 4 is 93.6 Å². The summed E-state index contributed by atoms with van der Waals surface area (Å²) in [5.74, 6) is -6.25. The molecule has 1 saturated carbocycles. The van der Waals surface area contributed by atoms with Gasteiger partial charge in [-0.25, -0.2) is 19.2 Å². The molecule has 0 N–H and O–H groups in total. The molecule has 9 atom stereocenters. The van der Waals surface area contributed by atoms with Crippen LogP contribution in [0.4, 0.5) is 0 Å².